The molecule has 2 atom stereocenters. The summed E-state index contributed by atoms with van der Waals surface area (Å²) in [6, 6.07) is 8.78. The molecule has 4 heteroatoms. The van der Waals surface area contributed by atoms with E-state index in [2.05, 4.69) is 50.0 Å². The van der Waals surface area contributed by atoms with Gasteiger partial charge in [-0.3, -0.25) is 0 Å². The van der Waals surface area contributed by atoms with Gasteiger partial charge in [0.15, 0.2) is 0 Å². The molecule has 2 heterocycles. The third kappa shape index (κ3) is 3.84. The maximum absolute atomic E-state index is 6.34. The van der Waals surface area contributed by atoms with Crippen LogP contribution in [-0.2, 0) is 0 Å². The molecule has 2 N–H and O–H groups in total. The highest BCUT2D eigenvalue weighted by Crippen LogP contribution is 2.40. The van der Waals surface area contributed by atoms with Gasteiger partial charge in [-0.1, -0.05) is 18.7 Å². The molecule has 0 aromatic carbocycles. The van der Waals surface area contributed by atoms with Gasteiger partial charge in [0.05, 0.1) is 10.3 Å². The number of nitrogens with two attached hydrogens (primary N) is 1. The summed E-state index contributed by atoms with van der Waals surface area (Å²) >= 11 is 3.63. The van der Waals surface area contributed by atoms with Crippen molar-refractivity contribution in [2.24, 2.45) is 5.73 Å². The SMILES string of the molecule is CCC(N)C(Sc1cc(C)cc(C)n1)c1ccc(C)s1. The molecule has 2 rings (SSSR count). The Labute approximate surface area is 129 Å². The summed E-state index contributed by atoms with van der Waals surface area (Å²) in [5, 5.41) is 1.36. The number of hydrogen-bond donors (Lipinski definition) is 1. The number of hydrogen-bond acceptors (Lipinski definition) is 4. The molecule has 0 aliphatic rings. The van der Waals surface area contributed by atoms with E-state index in [1.807, 2.05) is 18.3 Å². The number of nitrogens with zero attached hydrogens (tertiary/aromatic N) is 1. The first-order chi connectivity index (χ1) is 9.49. The van der Waals surface area contributed by atoms with Crippen LogP contribution in [0.2, 0.25) is 0 Å². The second-order valence-corrected chi connectivity index (χ2v) is 7.66. The van der Waals surface area contributed by atoms with Crippen molar-refractivity contribution in [3.05, 3.63) is 45.3 Å². The van der Waals surface area contributed by atoms with Gasteiger partial charge in [-0.25, -0.2) is 4.98 Å². The fraction of sp³-hybridized carbons (Fsp3) is 0.438. The van der Waals surface area contributed by atoms with Crippen molar-refractivity contribution >= 4 is 23.1 Å². The molecule has 0 bridgehead atoms. The third-order valence-corrected chi connectivity index (χ3v) is 5.76. The Bertz CT molecular complexity index is 557. The van der Waals surface area contributed by atoms with E-state index in [0.717, 1.165) is 17.1 Å². The topological polar surface area (TPSA) is 38.9 Å². The van der Waals surface area contributed by atoms with Crippen LogP contribution < -0.4 is 5.73 Å². The summed E-state index contributed by atoms with van der Waals surface area (Å²) < 4.78 is 0. The van der Waals surface area contributed by atoms with Crippen molar-refractivity contribution in [2.75, 3.05) is 0 Å². The normalized spacial score (nSPS) is 14.2. The molecule has 2 aromatic rings. The van der Waals surface area contributed by atoms with Gasteiger partial charge in [-0.2, -0.15) is 0 Å². The average molecular weight is 307 g/mol. The monoisotopic (exact) mass is 306 g/mol. The van der Waals surface area contributed by atoms with Gasteiger partial charge >= 0.3 is 0 Å². The molecule has 0 aliphatic carbocycles. The Hall–Kier alpha value is -0.840. The van der Waals surface area contributed by atoms with Crippen LogP contribution in [0.1, 0.15) is 39.6 Å². The fourth-order valence-electron chi connectivity index (χ4n) is 2.17. The minimum atomic E-state index is 0.153. The zero-order chi connectivity index (χ0) is 14.7. The first-order valence-electron chi connectivity index (χ1n) is 6.93. The molecular formula is C16H22N2S2. The summed E-state index contributed by atoms with van der Waals surface area (Å²) in [5.41, 5.74) is 8.66. The van der Waals surface area contributed by atoms with Gasteiger partial charge in [0.25, 0.3) is 0 Å². The van der Waals surface area contributed by atoms with E-state index in [9.17, 15) is 0 Å². The van der Waals surface area contributed by atoms with Crippen molar-refractivity contribution < 1.29 is 0 Å². The molecule has 108 valence electrons. The second-order valence-electron chi connectivity index (χ2n) is 5.18. The van der Waals surface area contributed by atoms with Crippen LogP contribution in [0.25, 0.3) is 0 Å². The Morgan fingerprint density at radius 2 is 2.00 bits per heavy atom. The maximum atomic E-state index is 6.34. The van der Waals surface area contributed by atoms with Gasteiger partial charge in [0.2, 0.25) is 0 Å². The minimum absolute atomic E-state index is 0.153. The Balaban J connectivity index is 2.28. The average Bonchev–Trinajstić information content (AvgIpc) is 2.80. The molecule has 0 spiro atoms. The molecule has 0 amide bonds. The third-order valence-electron chi connectivity index (χ3n) is 3.22. The molecule has 0 fully saturated rings. The molecule has 2 unspecified atom stereocenters. The molecule has 2 aromatic heterocycles. The second kappa shape index (κ2) is 6.74. The number of aromatic nitrogens is 1. The van der Waals surface area contributed by atoms with Gasteiger partial charge in [-0.05, 0) is 57.0 Å². The van der Waals surface area contributed by atoms with Crippen LogP contribution in [0, 0.1) is 20.8 Å². The highest BCUT2D eigenvalue weighted by molar-refractivity contribution is 7.99. The smallest absolute Gasteiger partial charge is 0.0972 e. The fourth-order valence-corrected chi connectivity index (χ4v) is 4.67. The van der Waals surface area contributed by atoms with Crippen molar-refractivity contribution in [1.29, 1.82) is 0 Å². The lowest BCUT2D eigenvalue weighted by Crippen LogP contribution is -2.25. The van der Waals surface area contributed by atoms with E-state index >= 15 is 0 Å². The van der Waals surface area contributed by atoms with Crippen LogP contribution in [0.15, 0.2) is 29.3 Å². The predicted octanol–water partition coefficient (Wildman–Crippen LogP) is 4.64. The lowest BCUT2D eigenvalue weighted by Gasteiger charge is -2.21. The summed E-state index contributed by atoms with van der Waals surface area (Å²) in [5.74, 6) is 0. The molecule has 0 saturated carbocycles. The van der Waals surface area contributed by atoms with Gasteiger partial charge in [0.1, 0.15) is 0 Å². The van der Waals surface area contributed by atoms with Crippen LogP contribution in [0.3, 0.4) is 0 Å². The first-order valence-corrected chi connectivity index (χ1v) is 8.63. The van der Waals surface area contributed by atoms with Crippen LogP contribution >= 0.6 is 23.1 Å². The predicted molar refractivity (Wildman–Crippen MR) is 89.6 cm³/mol. The number of pyridine rings is 1. The van der Waals surface area contributed by atoms with Crippen molar-refractivity contribution in [1.82, 2.24) is 4.98 Å². The Morgan fingerprint density at radius 3 is 2.55 bits per heavy atom. The quantitative estimate of drug-likeness (QED) is 0.818. The van der Waals surface area contributed by atoms with Crippen LogP contribution in [-0.4, -0.2) is 11.0 Å². The lowest BCUT2D eigenvalue weighted by atomic mass is 10.1. The summed E-state index contributed by atoms with van der Waals surface area (Å²) in [7, 11) is 0. The van der Waals surface area contributed by atoms with E-state index in [0.29, 0.717) is 0 Å². The number of rotatable bonds is 5. The van der Waals surface area contributed by atoms with E-state index in [-0.39, 0.29) is 11.3 Å². The number of aryl methyl sites for hydroxylation is 3. The Morgan fingerprint density at radius 1 is 1.25 bits per heavy atom. The maximum Gasteiger partial charge on any atom is 0.0972 e. The van der Waals surface area contributed by atoms with E-state index in [4.69, 9.17) is 5.73 Å². The zero-order valence-corrected chi connectivity index (χ0v) is 14.1. The zero-order valence-electron chi connectivity index (χ0n) is 12.5. The number of thioether (sulfide) groups is 1. The van der Waals surface area contributed by atoms with E-state index < -0.39 is 0 Å². The van der Waals surface area contributed by atoms with Crippen molar-refractivity contribution in [2.45, 2.75) is 50.4 Å². The van der Waals surface area contributed by atoms with E-state index in [1.165, 1.54) is 15.3 Å². The first kappa shape index (κ1) is 15.5. The standard InChI is InChI=1S/C16H22N2S2/c1-5-13(17)16(14-7-6-12(4)19-14)20-15-9-10(2)8-11(3)18-15/h6-9,13,16H,5,17H2,1-4H3. The van der Waals surface area contributed by atoms with Crippen molar-refractivity contribution in [3.8, 4) is 0 Å². The minimum Gasteiger partial charge on any atom is -0.326 e. The van der Waals surface area contributed by atoms with E-state index in [1.54, 1.807) is 11.8 Å². The molecule has 20 heavy (non-hydrogen) atoms. The van der Waals surface area contributed by atoms with Gasteiger partial charge in [-0.15, -0.1) is 11.3 Å². The molecular weight excluding hydrogens is 284 g/mol. The molecule has 0 aliphatic heterocycles. The highest BCUT2D eigenvalue weighted by Gasteiger charge is 2.22. The molecule has 0 saturated heterocycles. The summed E-state index contributed by atoms with van der Waals surface area (Å²) in [6.07, 6.45) is 0.972. The van der Waals surface area contributed by atoms with Crippen molar-refractivity contribution in [3.63, 3.8) is 0 Å². The summed E-state index contributed by atoms with van der Waals surface area (Å²) in [4.78, 5) is 7.32. The van der Waals surface area contributed by atoms with Gasteiger partial charge in [0, 0.05) is 21.5 Å². The van der Waals surface area contributed by atoms with Crippen LogP contribution in [0.4, 0.5) is 0 Å². The molecule has 2 nitrogen and oxygen atoms in total. The lowest BCUT2D eigenvalue weighted by molar-refractivity contribution is 0.639. The molecule has 0 radical (unpaired) electrons. The largest absolute Gasteiger partial charge is 0.326 e. The highest BCUT2D eigenvalue weighted by atomic mass is 32.2. The number of thiophene rings is 1. The van der Waals surface area contributed by atoms with Crippen LogP contribution in [0.5, 0.6) is 0 Å². The Kier molecular flexibility index (Phi) is 5.24. The summed E-state index contributed by atoms with van der Waals surface area (Å²) in [6.45, 7) is 8.44. The van der Waals surface area contributed by atoms with Gasteiger partial charge < -0.3 is 5.73 Å².